The summed E-state index contributed by atoms with van der Waals surface area (Å²) in [4.78, 5) is 0. The minimum Gasteiger partial charge on any atom is -0.0611 e. The van der Waals surface area contributed by atoms with Gasteiger partial charge in [0.1, 0.15) is 0 Å². The normalized spacial score (nSPS) is 28.9. The van der Waals surface area contributed by atoms with Crippen molar-refractivity contribution in [2.45, 2.75) is 46.0 Å². The number of hydrogen-bond acceptors (Lipinski definition) is 0. The van der Waals surface area contributed by atoms with Gasteiger partial charge in [-0.05, 0) is 35.3 Å². The van der Waals surface area contributed by atoms with Gasteiger partial charge in [0.25, 0.3) is 0 Å². The number of fused-ring (bicyclic) bond motifs is 1. The highest BCUT2D eigenvalue weighted by Crippen LogP contribution is 2.49. The van der Waals surface area contributed by atoms with Gasteiger partial charge in [-0.2, -0.15) is 0 Å². The highest BCUT2D eigenvalue weighted by molar-refractivity contribution is 5.44. The quantitative estimate of drug-likeness (QED) is 0.576. The van der Waals surface area contributed by atoms with Crippen LogP contribution in [-0.2, 0) is 5.41 Å². The van der Waals surface area contributed by atoms with E-state index < -0.39 is 0 Å². The molecule has 0 bridgehead atoms. The molecule has 0 heterocycles. The minimum atomic E-state index is 0.348. The van der Waals surface area contributed by atoms with E-state index in [1.807, 2.05) is 0 Å². The number of rotatable bonds is 0. The number of hydrogen-bond donors (Lipinski definition) is 0. The summed E-state index contributed by atoms with van der Waals surface area (Å²) in [6, 6.07) is 6.93. The Balaban J connectivity index is 2.63. The summed E-state index contributed by atoms with van der Waals surface area (Å²) in [5, 5.41) is 0. The smallest absolute Gasteiger partial charge is 0.00693 e. The van der Waals surface area contributed by atoms with Crippen LogP contribution in [0, 0.1) is 12.8 Å². The van der Waals surface area contributed by atoms with E-state index >= 15 is 0 Å². The van der Waals surface area contributed by atoms with Crippen LogP contribution in [0.4, 0.5) is 0 Å². The summed E-state index contributed by atoms with van der Waals surface area (Å²) in [5.74, 6) is 1.46. The van der Waals surface area contributed by atoms with Gasteiger partial charge in [0.2, 0.25) is 0 Å². The molecule has 1 aromatic carbocycles. The second-order valence-corrected chi connectivity index (χ2v) is 5.39. The second kappa shape index (κ2) is 2.85. The van der Waals surface area contributed by atoms with Crippen molar-refractivity contribution in [1.29, 1.82) is 0 Å². The van der Waals surface area contributed by atoms with Crippen LogP contribution < -0.4 is 0 Å². The first kappa shape index (κ1) is 9.76. The van der Waals surface area contributed by atoms with Crippen molar-refractivity contribution in [2.24, 2.45) is 5.92 Å². The molecule has 0 saturated carbocycles. The van der Waals surface area contributed by atoms with E-state index in [0.717, 1.165) is 5.92 Å². The fraction of sp³-hybridized carbons (Fsp3) is 0.571. The SMILES string of the molecule is Cc1ccc2c(c1)C(C)(C)[C@H](C)[C@H]2C. The van der Waals surface area contributed by atoms with Crippen LogP contribution in [-0.4, -0.2) is 0 Å². The Hall–Kier alpha value is -0.780. The molecule has 2 rings (SSSR count). The Morgan fingerprint density at radius 2 is 1.79 bits per heavy atom. The molecule has 0 amide bonds. The number of benzene rings is 1. The van der Waals surface area contributed by atoms with Gasteiger partial charge in [0, 0.05) is 0 Å². The van der Waals surface area contributed by atoms with Crippen LogP contribution in [0.2, 0.25) is 0 Å². The lowest BCUT2D eigenvalue weighted by Gasteiger charge is -2.27. The van der Waals surface area contributed by atoms with Gasteiger partial charge >= 0.3 is 0 Å². The Kier molecular flexibility index (Phi) is 1.99. The zero-order valence-corrected chi connectivity index (χ0v) is 9.89. The third-order valence-electron chi connectivity index (χ3n) is 4.28. The molecule has 0 heteroatoms. The third-order valence-corrected chi connectivity index (χ3v) is 4.28. The zero-order valence-electron chi connectivity index (χ0n) is 9.89. The maximum absolute atomic E-state index is 2.38. The molecule has 0 unspecified atom stereocenters. The monoisotopic (exact) mass is 188 g/mol. The van der Waals surface area contributed by atoms with Crippen LogP contribution in [0.15, 0.2) is 18.2 Å². The lowest BCUT2D eigenvalue weighted by molar-refractivity contribution is 0.342. The summed E-state index contributed by atoms with van der Waals surface area (Å²) in [7, 11) is 0. The molecule has 0 fully saturated rings. The Morgan fingerprint density at radius 1 is 1.14 bits per heavy atom. The molecule has 1 aliphatic rings. The fourth-order valence-electron chi connectivity index (χ4n) is 2.76. The van der Waals surface area contributed by atoms with Gasteiger partial charge in [-0.15, -0.1) is 0 Å². The summed E-state index contributed by atoms with van der Waals surface area (Å²) in [6.45, 7) is 11.7. The maximum atomic E-state index is 2.38. The highest BCUT2D eigenvalue weighted by Gasteiger charge is 2.40. The minimum absolute atomic E-state index is 0.348. The molecule has 1 aliphatic carbocycles. The Morgan fingerprint density at radius 3 is 2.43 bits per heavy atom. The van der Waals surface area contributed by atoms with Crippen molar-refractivity contribution in [3.05, 3.63) is 34.9 Å². The molecule has 76 valence electrons. The first-order chi connectivity index (χ1) is 6.44. The van der Waals surface area contributed by atoms with Crippen LogP contribution in [0.5, 0.6) is 0 Å². The molecule has 1 aromatic rings. The first-order valence-corrected chi connectivity index (χ1v) is 5.55. The van der Waals surface area contributed by atoms with Crippen LogP contribution >= 0.6 is 0 Å². The highest BCUT2D eigenvalue weighted by atomic mass is 14.4. The van der Waals surface area contributed by atoms with Crippen molar-refractivity contribution in [3.63, 3.8) is 0 Å². The molecule has 0 nitrogen and oxygen atoms in total. The van der Waals surface area contributed by atoms with Crippen molar-refractivity contribution < 1.29 is 0 Å². The van der Waals surface area contributed by atoms with Crippen LogP contribution in [0.1, 0.15) is 50.3 Å². The maximum Gasteiger partial charge on any atom is -0.00693 e. The summed E-state index contributed by atoms with van der Waals surface area (Å²) in [6.07, 6.45) is 0. The van der Waals surface area contributed by atoms with Crippen LogP contribution in [0.25, 0.3) is 0 Å². The van der Waals surface area contributed by atoms with Gasteiger partial charge in [-0.1, -0.05) is 51.5 Å². The standard InChI is InChI=1S/C14H20/c1-9-6-7-12-10(2)11(3)14(4,5)13(12)8-9/h6-8,10-11H,1-5H3/t10-,11-/m1/s1. The summed E-state index contributed by atoms with van der Waals surface area (Å²) < 4.78 is 0. The summed E-state index contributed by atoms with van der Waals surface area (Å²) in [5.41, 5.74) is 4.87. The number of aryl methyl sites for hydroxylation is 1. The van der Waals surface area contributed by atoms with Crippen molar-refractivity contribution in [2.75, 3.05) is 0 Å². The molecule has 0 aromatic heterocycles. The molecule has 0 N–H and O–H groups in total. The first-order valence-electron chi connectivity index (χ1n) is 5.55. The van der Waals surface area contributed by atoms with Gasteiger partial charge in [-0.3, -0.25) is 0 Å². The van der Waals surface area contributed by atoms with E-state index in [1.54, 1.807) is 11.1 Å². The van der Waals surface area contributed by atoms with E-state index in [4.69, 9.17) is 0 Å². The second-order valence-electron chi connectivity index (χ2n) is 5.39. The Bertz CT molecular complexity index is 360. The molecular formula is C14H20. The van der Waals surface area contributed by atoms with E-state index in [2.05, 4.69) is 52.8 Å². The lowest BCUT2D eigenvalue weighted by atomic mass is 9.77. The predicted molar refractivity (Wildman–Crippen MR) is 61.8 cm³/mol. The van der Waals surface area contributed by atoms with Crippen molar-refractivity contribution in [3.8, 4) is 0 Å². The molecule has 14 heavy (non-hydrogen) atoms. The van der Waals surface area contributed by atoms with Crippen molar-refractivity contribution in [1.82, 2.24) is 0 Å². The molecule has 2 atom stereocenters. The van der Waals surface area contributed by atoms with Gasteiger partial charge in [-0.25, -0.2) is 0 Å². The fourth-order valence-corrected chi connectivity index (χ4v) is 2.76. The molecular weight excluding hydrogens is 168 g/mol. The molecule has 0 aliphatic heterocycles. The van der Waals surface area contributed by atoms with Gasteiger partial charge < -0.3 is 0 Å². The predicted octanol–water partition coefficient (Wildman–Crippen LogP) is 4.03. The molecule has 0 spiro atoms. The van der Waals surface area contributed by atoms with E-state index in [-0.39, 0.29) is 0 Å². The van der Waals surface area contributed by atoms with Crippen LogP contribution in [0.3, 0.4) is 0 Å². The molecule has 0 saturated heterocycles. The topological polar surface area (TPSA) is 0 Å². The van der Waals surface area contributed by atoms with Crippen molar-refractivity contribution >= 4 is 0 Å². The third kappa shape index (κ3) is 1.13. The summed E-state index contributed by atoms with van der Waals surface area (Å²) >= 11 is 0. The van der Waals surface area contributed by atoms with E-state index in [0.29, 0.717) is 11.3 Å². The van der Waals surface area contributed by atoms with E-state index in [1.165, 1.54) is 5.56 Å². The average Bonchev–Trinajstić information content (AvgIpc) is 2.29. The van der Waals surface area contributed by atoms with E-state index in [9.17, 15) is 0 Å². The average molecular weight is 188 g/mol. The van der Waals surface area contributed by atoms with Gasteiger partial charge in [0.15, 0.2) is 0 Å². The zero-order chi connectivity index (χ0) is 10.5. The van der Waals surface area contributed by atoms with Gasteiger partial charge in [0.05, 0.1) is 0 Å². The largest absolute Gasteiger partial charge is 0.0611 e. The Labute approximate surface area is 87.3 Å². The molecule has 0 radical (unpaired) electrons. The lowest BCUT2D eigenvalue weighted by Crippen LogP contribution is -2.22.